The minimum atomic E-state index is -0.129. The van der Waals surface area contributed by atoms with Crippen LogP contribution in [-0.4, -0.2) is 12.8 Å². The minimum Gasteiger partial charge on any atom is -0.344 e. The molecule has 0 N–H and O–H groups in total. The van der Waals surface area contributed by atoms with E-state index in [9.17, 15) is 4.79 Å². The Morgan fingerprint density at radius 1 is 1.15 bits per heavy atom. The maximum Gasteiger partial charge on any atom is 0.144 e. The summed E-state index contributed by atoms with van der Waals surface area (Å²) in [7, 11) is 0. The van der Waals surface area contributed by atoms with Crippen LogP contribution in [0.3, 0.4) is 0 Å². The topological polar surface area (TPSA) is 20.3 Å². The van der Waals surface area contributed by atoms with Gasteiger partial charge < -0.3 is 4.90 Å². The standard InChI is InChI=1S/C18H19NO/c1-4-19-16(11-12-20)18(2,3)15-10-9-13-7-5-6-8-14(13)17(15)19/h5-12H,4H2,1-3H3/b16-11-. The van der Waals surface area contributed by atoms with Gasteiger partial charge in [-0.1, -0.05) is 50.2 Å². The third kappa shape index (κ3) is 1.61. The van der Waals surface area contributed by atoms with Crippen molar-refractivity contribution in [3.8, 4) is 0 Å². The van der Waals surface area contributed by atoms with Crippen LogP contribution in [0.1, 0.15) is 26.3 Å². The normalized spacial score (nSPS) is 18.6. The van der Waals surface area contributed by atoms with Gasteiger partial charge in [0.25, 0.3) is 0 Å². The van der Waals surface area contributed by atoms with E-state index in [1.807, 2.05) is 0 Å². The first kappa shape index (κ1) is 12.9. The number of allylic oxidation sites excluding steroid dienone is 2. The Hall–Kier alpha value is -2.09. The van der Waals surface area contributed by atoms with Gasteiger partial charge in [0.2, 0.25) is 0 Å². The summed E-state index contributed by atoms with van der Waals surface area (Å²) in [5.74, 6) is 0. The fourth-order valence-corrected chi connectivity index (χ4v) is 3.34. The molecule has 0 radical (unpaired) electrons. The zero-order valence-electron chi connectivity index (χ0n) is 12.2. The predicted molar refractivity (Wildman–Crippen MR) is 84.1 cm³/mol. The van der Waals surface area contributed by atoms with Crippen LogP contribution in [0.15, 0.2) is 48.2 Å². The number of hydrogen-bond acceptors (Lipinski definition) is 2. The van der Waals surface area contributed by atoms with E-state index in [0.29, 0.717) is 0 Å². The molecule has 1 aliphatic heterocycles. The average molecular weight is 265 g/mol. The van der Waals surface area contributed by atoms with E-state index in [2.05, 4.69) is 62.1 Å². The molecule has 0 spiro atoms. The molecule has 0 atom stereocenters. The SMILES string of the molecule is CCN1/C(=C\C=O)C(C)(C)c2ccc3ccccc3c21. The smallest absolute Gasteiger partial charge is 0.144 e. The Kier molecular flexibility index (Phi) is 2.89. The average Bonchev–Trinajstić information content (AvgIpc) is 2.68. The number of benzene rings is 2. The molecule has 0 aliphatic carbocycles. The zero-order valence-corrected chi connectivity index (χ0v) is 12.2. The number of anilines is 1. The number of carbonyl (C=O) groups is 1. The van der Waals surface area contributed by atoms with Crippen molar-refractivity contribution < 1.29 is 4.79 Å². The molecule has 2 aromatic rings. The Bertz CT molecular complexity index is 712. The fraction of sp³-hybridized carbons (Fsp3) is 0.278. The molecule has 2 aromatic carbocycles. The van der Waals surface area contributed by atoms with Crippen LogP contribution < -0.4 is 4.90 Å². The second-order valence-electron chi connectivity index (χ2n) is 5.74. The lowest BCUT2D eigenvalue weighted by molar-refractivity contribution is -0.104. The Balaban J connectivity index is 2.38. The quantitative estimate of drug-likeness (QED) is 0.603. The van der Waals surface area contributed by atoms with Crippen molar-refractivity contribution in [1.29, 1.82) is 0 Å². The van der Waals surface area contributed by atoms with Crippen molar-refractivity contribution in [2.24, 2.45) is 0 Å². The Morgan fingerprint density at radius 2 is 1.90 bits per heavy atom. The van der Waals surface area contributed by atoms with Crippen molar-refractivity contribution >= 4 is 22.7 Å². The maximum absolute atomic E-state index is 11.0. The molecule has 2 heteroatoms. The van der Waals surface area contributed by atoms with E-state index in [-0.39, 0.29) is 5.41 Å². The molecule has 0 unspecified atom stereocenters. The van der Waals surface area contributed by atoms with Gasteiger partial charge in [-0.15, -0.1) is 0 Å². The Morgan fingerprint density at radius 3 is 2.60 bits per heavy atom. The number of aldehydes is 1. The van der Waals surface area contributed by atoms with Crippen LogP contribution in [0.4, 0.5) is 5.69 Å². The van der Waals surface area contributed by atoms with Gasteiger partial charge in [-0.25, -0.2) is 0 Å². The van der Waals surface area contributed by atoms with Crippen LogP contribution >= 0.6 is 0 Å². The van der Waals surface area contributed by atoms with E-state index in [4.69, 9.17) is 0 Å². The lowest BCUT2D eigenvalue weighted by Gasteiger charge is -2.25. The van der Waals surface area contributed by atoms with Crippen molar-refractivity contribution in [3.05, 3.63) is 53.7 Å². The monoisotopic (exact) mass is 265 g/mol. The van der Waals surface area contributed by atoms with Gasteiger partial charge in [0.1, 0.15) is 6.29 Å². The summed E-state index contributed by atoms with van der Waals surface area (Å²) in [5, 5.41) is 2.50. The molecule has 0 amide bonds. The summed E-state index contributed by atoms with van der Waals surface area (Å²) in [6, 6.07) is 12.8. The van der Waals surface area contributed by atoms with Crippen LogP contribution in [0.5, 0.6) is 0 Å². The van der Waals surface area contributed by atoms with Crippen molar-refractivity contribution in [2.75, 3.05) is 11.4 Å². The molecule has 2 nitrogen and oxygen atoms in total. The molecular formula is C18H19NO. The van der Waals surface area contributed by atoms with Crippen LogP contribution in [0, 0.1) is 0 Å². The molecule has 3 rings (SSSR count). The fourth-order valence-electron chi connectivity index (χ4n) is 3.34. The molecule has 102 valence electrons. The number of rotatable bonds is 2. The number of carbonyl (C=O) groups excluding carboxylic acids is 1. The molecule has 20 heavy (non-hydrogen) atoms. The molecular weight excluding hydrogens is 246 g/mol. The van der Waals surface area contributed by atoms with Gasteiger partial charge in [0.15, 0.2) is 0 Å². The summed E-state index contributed by atoms with van der Waals surface area (Å²) in [4.78, 5) is 13.3. The number of hydrogen-bond donors (Lipinski definition) is 0. The molecule has 1 heterocycles. The number of nitrogens with zero attached hydrogens (tertiary/aromatic N) is 1. The molecule has 1 aliphatic rings. The highest BCUT2D eigenvalue weighted by Crippen LogP contribution is 2.50. The number of likely N-dealkylation sites (N-methyl/N-ethyl adjacent to an activating group) is 1. The third-order valence-corrected chi connectivity index (χ3v) is 4.32. The zero-order chi connectivity index (χ0) is 14.3. The highest BCUT2D eigenvalue weighted by molar-refractivity contribution is 5.99. The first-order chi connectivity index (χ1) is 9.61. The highest BCUT2D eigenvalue weighted by atomic mass is 16.1. The van der Waals surface area contributed by atoms with E-state index in [1.54, 1.807) is 6.08 Å². The maximum atomic E-state index is 11.0. The Labute approximate surface area is 119 Å². The molecule has 0 bridgehead atoms. The van der Waals surface area contributed by atoms with Crippen molar-refractivity contribution in [3.63, 3.8) is 0 Å². The third-order valence-electron chi connectivity index (χ3n) is 4.32. The second kappa shape index (κ2) is 4.48. The summed E-state index contributed by atoms with van der Waals surface area (Å²) >= 11 is 0. The van der Waals surface area contributed by atoms with Gasteiger partial charge in [-0.3, -0.25) is 4.79 Å². The van der Waals surface area contributed by atoms with Gasteiger partial charge >= 0.3 is 0 Å². The molecule has 0 fully saturated rings. The van der Waals surface area contributed by atoms with Gasteiger partial charge in [0, 0.05) is 23.0 Å². The van der Waals surface area contributed by atoms with Crippen molar-refractivity contribution in [2.45, 2.75) is 26.2 Å². The predicted octanol–water partition coefficient (Wildman–Crippen LogP) is 4.04. The largest absolute Gasteiger partial charge is 0.344 e. The van der Waals surface area contributed by atoms with Crippen molar-refractivity contribution in [1.82, 2.24) is 0 Å². The first-order valence-electron chi connectivity index (χ1n) is 7.07. The summed E-state index contributed by atoms with van der Waals surface area (Å²) in [6.07, 6.45) is 2.60. The van der Waals surface area contributed by atoms with E-state index >= 15 is 0 Å². The molecule has 0 saturated heterocycles. The first-order valence-corrected chi connectivity index (χ1v) is 7.07. The van der Waals surface area contributed by atoms with Crippen LogP contribution in [-0.2, 0) is 10.2 Å². The van der Waals surface area contributed by atoms with E-state index in [1.165, 1.54) is 22.0 Å². The molecule has 0 saturated carbocycles. The van der Waals surface area contributed by atoms with Gasteiger partial charge in [-0.05, 0) is 23.9 Å². The summed E-state index contributed by atoms with van der Waals surface area (Å²) in [5.41, 5.74) is 3.51. The van der Waals surface area contributed by atoms with Crippen LogP contribution in [0.25, 0.3) is 10.8 Å². The summed E-state index contributed by atoms with van der Waals surface area (Å²) < 4.78 is 0. The minimum absolute atomic E-state index is 0.129. The van der Waals surface area contributed by atoms with Gasteiger partial charge in [0.05, 0.1) is 5.69 Å². The van der Waals surface area contributed by atoms with E-state index < -0.39 is 0 Å². The van der Waals surface area contributed by atoms with Crippen LogP contribution in [0.2, 0.25) is 0 Å². The van der Waals surface area contributed by atoms with E-state index in [0.717, 1.165) is 18.5 Å². The lowest BCUT2D eigenvalue weighted by atomic mass is 9.83. The highest BCUT2D eigenvalue weighted by Gasteiger charge is 2.40. The summed E-state index contributed by atoms with van der Waals surface area (Å²) in [6.45, 7) is 7.37. The second-order valence-corrected chi connectivity index (χ2v) is 5.74. The molecule has 0 aromatic heterocycles. The number of fused-ring (bicyclic) bond motifs is 3. The lowest BCUT2D eigenvalue weighted by Crippen LogP contribution is -2.26. The van der Waals surface area contributed by atoms with Gasteiger partial charge in [-0.2, -0.15) is 0 Å².